The summed E-state index contributed by atoms with van der Waals surface area (Å²) in [6.45, 7) is 23.3. The molecular weight excluding hydrogens is 1000 g/mol. The van der Waals surface area contributed by atoms with Crippen molar-refractivity contribution in [3.05, 3.63) is 42.0 Å². The molecule has 76 heavy (non-hydrogen) atoms. The Balaban J connectivity index is 1.67. The van der Waals surface area contributed by atoms with E-state index in [0.29, 0.717) is 70.2 Å². The van der Waals surface area contributed by atoms with E-state index in [1.165, 1.54) is 11.8 Å². The molecule has 1 saturated heterocycles. The molecule has 426 valence electrons. The number of nitrogens with zero attached hydrogens (tertiary/aromatic N) is 5. The van der Waals surface area contributed by atoms with Gasteiger partial charge in [0, 0.05) is 89.8 Å². The summed E-state index contributed by atoms with van der Waals surface area (Å²) in [5, 5.41) is 14.0. The summed E-state index contributed by atoms with van der Waals surface area (Å²) >= 11 is 1.49. The molecule has 0 bridgehead atoms. The van der Waals surface area contributed by atoms with E-state index in [9.17, 15) is 43.2 Å². The van der Waals surface area contributed by atoms with E-state index in [1.54, 1.807) is 65.8 Å². The van der Waals surface area contributed by atoms with E-state index < -0.39 is 70.5 Å². The predicted octanol–water partition coefficient (Wildman–Crippen LogP) is 2.36. The summed E-state index contributed by atoms with van der Waals surface area (Å²) in [5.41, 5.74) is -0.887. The fourth-order valence-corrected chi connectivity index (χ4v) is 8.36. The molecule has 0 aromatic heterocycles. The van der Waals surface area contributed by atoms with Gasteiger partial charge in [-0.2, -0.15) is 11.8 Å². The average Bonchev–Trinajstić information content (AvgIpc) is 3.62. The molecular formula is C53H86N10O12S. The number of anilines is 1. The minimum atomic E-state index is -0.981. The number of thioether (sulfide) groups is 1. The lowest BCUT2D eigenvalue weighted by atomic mass is 9.97. The van der Waals surface area contributed by atoms with Crippen LogP contribution in [-0.4, -0.2) is 210 Å². The number of imide groups is 1. The molecule has 7 amide bonds. The molecule has 1 aromatic rings. The Labute approximate surface area is 453 Å². The van der Waals surface area contributed by atoms with E-state index in [4.69, 9.17) is 14.2 Å². The van der Waals surface area contributed by atoms with Crippen LogP contribution in [0.2, 0.25) is 0 Å². The van der Waals surface area contributed by atoms with E-state index in [-0.39, 0.29) is 70.0 Å². The molecule has 2 aliphatic heterocycles. The molecule has 2 heterocycles. The van der Waals surface area contributed by atoms with E-state index in [2.05, 4.69) is 26.6 Å². The molecule has 3 atom stereocenters. The van der Waals surface area contributed by atoms with Gasteiger partial charge in [0.05, 0.1) is 26.2 Å². The van der Waals surface area contributed by atoms with Crippen molar-refractivity contribution in [1.82, 2.24) is 45.8 Å². The Bertz CT molecular complexity index is 2090. The van der Waals surface area contributed by atoms with Crippen LogP contribution in [-0.2, 0) is 59.1 Å². The van der Waals surface area contributed by atoms with Crippen LogP contribution >= 0.6 is 11.8 Å². The lowest BCUT2D eigenvalue weighted by molar-refractivity contribution is -0.158. The summed E-state index contributed by atoms with van der Waals surface area (Å²) < 4.78 is 17.0. The van der Waals surface area contributed by atoms with Crippen molar-refractivity contribution in [3.63, 3.8) is 0 Å². The van der Waals surface area contributed by atoms with Crippen LogP contribution in [0.25, 0.3) is 0 Å². The van der Waals surface area contributed by atoms with Crippen LogP contribution in [0.15, 0.2) is 36.4 Å². The van der Waals surface area contributed by atoms with Crippen molar-refractivity contribution in [3.8, 4) is 0 Å². The number of benzene rings is 1. The van der Waals surface area contributed by atoms with Gasteiger partial charge in [-0.3, -0.25) is 62.9 Å². The fourth-order valence-electron chi connectivity index (χ4n) is 7.88. The van der Waals surface area contributed by atoms with Crippen molar-refractivity contribution in [2.75, 3.05) is 109 Å². The number of carbonyl (C=O) groups excluding carboxylic acids is 9. The standard InChI is InChI=1S/C53H86N10O12S/c1-13-37(2)47(49(71)54-21-22-63-42(65)18-19-43(63)66)58-48(70)40(20-31-76-12)57-50(72)56-39-16-14-38(15-17-39)32-55-41(64)33-59-23-25-60(34-44(67)73-51(3,4)5)27-29-62(36-46(69)75-53(9,10)11)30-28-61(26-24-59)35-45(68)74-52(6,7)8/h14-19,37,40,47H,13,20-36H2,1-12H3,(H,54,71)(H,55,64)(H,58,70)(H2,56,57,72)/t37-,40-,47-/m0/s1. The number of nitrogens with one attached hydrogen (secondary N) is 5. The molecule has 3 rings (SSSR count). The minimum absolute atomic E-state index is 0.000794. The number of ether oxygens (including phenoxy) is 3. The van der Waals surface area contributed by atoms with Gasteiger partial charge in [-0.05, 0) is 104 Å². The maximum Gasteiger partial charge on any atom is 0.320 e. The van der Waals surface area contributed by atoms with Crippen molar-refractivity contribution >= 4 is 70.9 Å². The third-order valence-corrected chi connectivity index (χ3v) is 12.5. The van der Waals surface area contributed by atoms with Crippen LogP contribution in [0.3, 0.4) is 0 Å². The first-order valence-electron chi connectivity index (χ1n) is 26.1. The highest BCUT2D eigenvalue weighted by molar-refractivity contribution is 7.98. The first-order valence-corrected chi connectivity index (χ1v) is 27.5. The van der Waals surface area contributed by atoms with Gasteiger partial charge < -0.3 is 40.8 Å². The molecule has 2 aliphatic rings. The minimum Gasteiger partial charge on any atom is -0.459 e. The number of urea groups is 1. The van der Waals surface area contributed by atoms with Crippen LogP contribution in [0.5, 0.6) is 0 Å². The van der Waals surface area contributed by atoms with Gasteiger partial charge in [0.25, 0.3) is 11.8 Å². The molecule has 0 spiro atoms. The van der Waals surface area contributed by atoms with Gasteiger partial charge >= 0.3 is 23.9 Å². The van der Waals surface area contributed by atoms with Crippen LogP contribution in [0.4, 0.5) is 10.5 Å². The van der Waals surface area contributed by atoms with Gasteiger partial charge in [-0.25, -0.2) is 4.79 Å². The molecule has 22 nitrogen and oxygen atoms in total. The van der Waals surface area contributed by atoms with Crippen molar-refractivity contribution in [1.29, 1.82) is 0 Å². The summed E-state index contributed by atoms with van der Waals surface area (Å²) in [7, 11) is 0. The summed E-state index contributed by atoms with van der Waals surface area (Å²) in [5.74, 6) is -3.13. The van der Waals surface area contributed by atoms with Crippen LogP contribution < -0.4 is 26.6 Å². The summed E-state index contributed by atoms with van der Waals surface area (Å²) in [4.78, 5) is 126. The summed E-state index contributed by atoms with van der Waals surface area (Å²) in [6, 6.07) is 4.28. The maximum atomic E-state index is 13.6. The Morgan fingerprint density at radius 2 is 1.05 bits per heavy atom. The molecule has 0 aliphatic carbocycles. The van der Waals surface area contributed by atoms with Crippen molar-refractivity contribution in [2.24, 2.45) is 5.92 Å². The van der Waals surface area contributed by atoms with E-state index in [0.717, 1.165) is 22.6 Å². The van der Waals surface area contributed by atoms with Crippen molar-refractivity contribution in [2.45, 2.75) is 124 Å². The van der Waals surface area contributed by atoms with Gasteiger partial charge in [0.15, 0.2) is 0 Å². The number of hydrogen-bond donors (Lipinski definition) is 5. The smallest absolute Gasteiger partial charge is 0.320 e. The monoisotopic (exact) mass is 1090 g/mol. The molecule has 1 fully saturated rings. The lowest BCUT2D eigenvalue weighted by Crippen LogP contribution is -2.56. The molecule has 23 heteroatoms. The lowest BCUT2D eigenvalue weighted by Gasteiger charge is -2.34. The predicted molar refractivity (Wildman–Crippen MR) is 291 cm³/mol. The second-order valence-corrected chi connectivity index (χ2v) is 23.1. The molecule has 0 unspecified atom stereocenters. The molecule has 0 radical (unpaired) electrons. The fraction of sp³-hybridized carbons (Fsp3) is 0.679. The maximum absolute atomic E-state index is 13.6. The zero-order chi connectivity index (χ0) is 56.8. The Kier molecular flexibility index (Phi) is 26.3. The Morgan fingerprint density at radius 3 is 1.46 bits per heavy atom. The molecule has 1 aromatic carbocycles. The normalized spacial score (nSPS) is 17.1. The SMILES string of the molecule is CC[C@H](C)[C@H](NC(=O)[C@H](CCSC)NC(=O)Nc1ccc(CNC(=O)CN2CCN(CC(=O)OC(C)(C)C)CCN(CC(=O)OC(C)(C)C)CCN(CC(=O)OC(C)(C)C)CC2)cc1)C(=O)NCCN1C(=O)C=CC1=O. The van der Waals surface area contributed by atoms with Gasteiger partial charge in [0.2, 0.25) is 17.7 Å². The highest BCUT2D eigenvalue weighted by Gasteiger charge is 2.31. The van der Waals surface area contributed by atoms with Gasteiger partial charge in [0.1, 0.15) is 28.9 Å². The second-order valence-electron chi connectivity index (χ2n) is 22.1. The first kappa shape index (κ1) is 64.7. The number of carbonyl (C=O) groups is 9. The number of esters is 3. The zero-order valence-electron chi connectivity index (χ0n) is 47.0. The highest BCUT2D eigenvalue weighted by atomic mass is 32.2. The number of rotatable bonds is 23. The number of hydrogen-bond acceptors (Lipinski definition) is 17. The summed E-state index contributed by atoms with van der Waals surface area (Å²) in [6.07, 6.45) is 5.04. The largest absolute Gasteiger partial charge is 0.459 e. The Morgan fingerprint density at radius 1 is 0.618 bits per heavy atom. The quantitative estimate of drug-likeness (QED) is 0.0599. The topological polar surface area (TPSA) is 258 Å². The van der Waals surface area contributed by atoms with Crippen molar-refractivity contribution < 1.29 is 57.4 Å². The third kappa shape index (κ3) is 25.9. The second kappa shape index (κ2) is 31.0. The highest BCUT2D eigenvalue weighted by Crippen LogP contribution is 2.15. The zero-order valence-corrected chi connectivity index (χ0v) is 47.8. The average molecular weight is 1090 g/mol. The first-order chi connectivity index (χ1) is 35.5. The molecule has 0 saturated carbocycles. The third-order valence-electron chi connectivity index (χ3n) is 11.9. The van der Waals surface area contributed by atoms with Gasteiger partial charge in [-0.1, -0.05) is 32.4 Å². The molecule has 5 N–H and O–H groups in total. The van der Waals surface area contributed by atoms with E-state index >= 15 is 0 Å². The van der Waals surface area contributed by atoms with Gasteiger partial charge in [-0.15, -0.1) is 0 Å². The number of amides is 7. The Hall–Kier alpha value is -5.62. The van der Waals surface area contributed by atoms with Crippen LogP contribution in [0.1, 0.15) is 94.6 Å². The van der Waals surface area contributed by atoms with Crippen LogP contribution in [0, 0.1) is 5.92 Å². The van der Waals surface area contributed by atoms with E-state index in [1.807, 2.05) is 60.5 Å².